The summed E-state index contributed by atoms with van der Waals surface area (Å²) in [7, 11) is 0. The normalized spacial score (nSPS) is 21.6. The second-order valence-corrected chi connectivity index (χ2v) is 5.51. The molecular weight excluding hydrogens is 204 g/mol. The highest BCUT2D eigenvalue weighted by Crippen LogP contribution is 2.50. The van der Waals surface area contributed by atoms with E-state index in [1.165, 1.54) is 0 Å². The van der Waals surface area contributed by atoms with Crippen molar-refractivity contribution < 1.29 is 9.90 Å². The van der Waals surface area contributed by atoms with Gasteiger partial charge in [-0.3, -0.25) is 4.79 Å². The molecule has 1 aliphatic carbocycles. The molecular formula is C12H24N2O2. The van der Waals surface area contributed by atoms with E-state index in [-0.39, 0.29) is 29.4 Å². The average Bonchev–Trinajstić information content (AvgIpc) is 2.93. The van der Waals surface area contributed by atoms with Gasteiger partial charge in [0.1, 0.15) is 0 Å². The van der Waals surface area contributed by atoms with Crippen molar-refractivity contribution in [2.24, 2.45) is 17.1 Å². The predicted octanol–water partition coefficient (Wildman–Crippen LogP) is 0.637. The Hall–Kier alpha value is -0.610. The standard InChI is InChI=1S/C12H24N2O2/c1-8(2)11(16)12(4-5-12)7-14-10(15)6-9(3)13/h8-9,11,16H,4-7,13H2,1-3H3,(H,14,15). The van der Waals surface area contributed by atoms with Gasteiger partial charge in [0, 0.05) is 24.4 Å². The Morgan fingerprint density at radius 3 is 2.38 bits per heavy atom. The summed E-state index contributed by atoms with van der Waals surface area (Å²) in [5, 5.41) is 12.9. The van der Waals surface area contributed by atoms with E-state index in [2.05, 4.69) is 5.32 Å². The molecule has 1 saturated carbocycles. The van der Waals surface area contributed by atoms with Crippen molar-refractivity contribution in [2.45, 2.75) is 52.2 Å². The van der Waals surface area contributed by atoms with Gasteiger partial charge in [0.25, 0.3) is 0 Å². The first-order valence-corrected chi connectivity index (χ1v) is 6.08. The van der Waals surface area contributed by atoms with Crippen molar-refractivity contribution in [3.8, 4) is 0 Å². The number of hydrogen-bond acceptors (Lipinski definition) is 3. The maximum atomic E-state index is 11.4. The molecule has 0 bridgehead atoms. The molecule has 0 spiro atoms. The third kappa shape index (κ3) is 3.46. The topological polar surface area (TPSA) is 75.4 Å². The summed E-state index contributed by atoms with van der Waals surface area (Å²) in [6.45, 7) is 6.41. The lowest BCUT2D eigenvalue weighted by atomic mass is 9.90. The van der Waals surface area contributed by atoms with E-state index < -0.39 is 0 Å². The van der Waals surface area contributed by atoms with E-state index >= 15 is 0 Å². The van der Waals surface area contributed by atoms with Crippen LogP contribution in [0.15, 0.2) is 0 Å². The summed E-state index contributed by atoms with van der Waals surface area (Å²) in [5.74, 6) is 0.227. The quantitative estimate of drug-likeness (QED) is 0.624. The Labute approximate surface area is 97.6 Å². The molecule has 0 aromatic heterocycles. The zero-order chi connectivity index (χ0) is 12.3. The fraction of sp³-hybridized carbons (Fsp3) is 0.917. The SMILES string of the molecule is CC(N)CC(=O)NCC1(C(O)C(C)C)CC1. The lowest BCUT2D eigenvalue weighted by Crippen LogP contribution is -2.40. The molecule has 1 fully saturated rings. The highest BCUT2D eigenvalue weighted by atomic mass is 16.3. The number of rotatable bonds is 6. The Kier molecular flexibility index (Phi) is 4.33. The molecule has 0 heterocycles. The lowest BCUT2D eigenvalue weighted by molar-refractivity contribution is -0.121. The molecule has 4 N–H and O–H groups in total. The Balaban J connectivity index is 2.35. The second kappa shape index (κ2) is 5.15. The summed E-state index contributed by atoms with van der Waals surface area (Å²) in [5.41, 5.74) is 5.48. The van der Waals surface area contributed by atoms with E-state index in [0.717, 1.165) is 12.8 Å². The number of nitrogens with two attached hydrogens (primary N) is 1. The number of hydrogen-bond donors (Lipinski definition) is 3. The zero-order valence-corrected chi connectivity index (χ0v) is 10.5. The number of aliphatic hydroxyl groups excluding tert-OH is 1. The number of aliphatic hydroxyl groups is 1. The molecule has 2 unspecified atom stereocenters. The minimum absolute atomic E-state index is 0.0165. The van der Waals surface area contributed by atoms with Crippen LogP contribution < -0.4 is 11.1 Å². The highest BCUT2D eigenvalue weighted by Gasteiger charge is 2.49. The van der Waals surface area contributed by atoms with Crippen molar-refractivity contribution in [3.63, 3.8) is 0 Å². The molecule has 1 aliphatic rings. The van der Waals surface area contributed by atoms with Gasteiger partial charge >= 0.3 is 0 Å². The van der Waals surface area contributed by atoms with Gasteiger partial charge in [0.2, 0.25) is 5.91 Å². The third-order valence-electron chi connectivity index (χ3n) is 3.30. The molecule has 1 amide bonds. The van der Waals surface area contributed by atoms with Gasteiger partial charge in [-0.05, 0) is 25.7 Å². The molecule has 4 heteroatoms. The van der Waals surface area contributed by atoms with Crippen molar-refractivity contribution >= 4 is 5.91 Å². The molecule has 0 aromatic carbocycles. The van der Waals surface area contributed by atoms with Crippen LogP contribution in [-0.4, -0.2) is 29.7 Å². The molecule has 2 atom stereocenters. The van der Waals surface area contributed by atoms with Crippen LogP contribution >= 0.6 is 0 Å². The molecule has 4 nitrogen and oxygen atoms in total. The minimum atomic E-state index is -0.317. The largest absolute Gasteiger partial charge is 0.392 e. The van der Waals surface area contributed by atoms with Gasteiger partial charge in [0.05, 0.1) is 6.10 Å². The Morgan fingerprint density at radius 2 is 2.00 bits per heavy atom. The number of nitrogens with one attached hydrogen (secondary N) is 1. The minimum Gasteiger partial charge on any atom is -0.392 e. The van der Waals surface area contributed by atoms with E-state index in [9.17, 15) is 9.90 Å². The van der Waals surface area contributed by atoms with Crippen molar-refractivity contribution in [2.75, 3.05) is 6.54 Å². The van der Waals surface area contributed by atoms with Crippen LogP contribution in [0.2, 0.25) is 0 Å². The van der Waals surface area contributed by atoms with Crippen LogP contribution in [0.3, 0.4) is 0 Å². The first-order valence-electron chi connectivity index (χ1n) is 6.08. The van der Waals surface area contributed by atoms with Crippen LogP contribution in [0.5, 0.6) is 0 Å². The van der Waals surface area contributed by atoms with E-state index in [0.29, 0.717) is 13.0 Å². The summed E-state index contributed by atoms with van der Waals surface area (Å²) in [6.07, 6.45) is 2.05. The molecule has 0 aliphatic heterocycles. The van der Waals surface area contributed by atoms with Gasteiger partial charge in [-0.15, -0.1) is 0 Å². The average molecular weight is 228 g/mol. The molecule has 16 heavy (non-hydrogen) atoms. The second-order valence-electron chi connectivity index (χ2n) is 5.51. The van der Waals surface area contributed by atoms with Crippen LogP contribution in [0.1, 0.15) is 40.0 Å². The molecule has 0 saturated heterocycles. The van der Waals surface area contributed by atoms with Crippen molar-refractivity contribution in [3.05, 3.63) is 0 Å². The van der Waals surface area contributed by atoms with Gasteiger partial charge in [-0.25, -0.2) is 0 Å². The number of carbonyl (C=O) groups is 1. The highest BCUT2D eigenvalue weighted by molar-refractivity contribution is 5.76. The summed E-state index contributed by atoms with van der Waals surface area (Å²) in [6, 6.07) is -0.106. The summed E-state index contributed by atoms with van der Waals surface area (Å²) in [4.78, 5) is 11.4. The Bertz CT molecular complexity index is 247. The smallest absolute Gasteiger partial charge is 0.221 e. The fourth-order valence-corrected chi connectivity index (χ4v) is 2.08. The Morgan fingerprint density at radius 1 is 1.44 bits per heavy atom. The van der Waals surface area contributed by atoms with Crippen LogP contribution in [0.25, 0.3) is 0 Å². The molecule has 94 valence electrons. The van der Waals surface area contributed by atoms with E-state index in [1.54, 1.807) is 0 Å². The summed E-state index contributed by atoms with van der Waals surface area (Å²) >= 11 is 0. The van der Waals surface area contributed by atoms with Crippen molar-refractivity contribution in [1.29, 1.82) is 0 Å². The van der Waals surface area contributed by atoms with Crippen LogP contribution in [0.4, 0.5) is 0 Å². The third-order valence-corrected chi connectivity index (χ3v) is 3.30. The molecule has 0 radical (unpaired) electrons. The maximum absolute atomic E-state index is 11.4. The number of amides is 1. The van der Waals surface area contributed by atoms with Gasteiger partial charge in [-0.1, -0.05) is 13.8 Å². The van der Waals surface area contributed by atoms with Crippen molar-refractivity contribution in [1.82, 2.24) is 5.32 Å². The van der Waals surface area contributed by atoms with E-state index in [4.69, 9.17) is 5.73 Å². The first-order chi connectivity index (χ1) is 7.37. The first kappa shape index (κ1) is 13.5. The van der Waals surface area contributed by atoms with Gasteiger partial charge in [0.15, 0.2) is 0 Å². The molecule has 1 rings (SSSR count). The van der Waals surface area contributed by atoms with E-state index in [1.807, 2.05) is 20.8 Å². The van der Waals surface area contributed by atoms with Crippen LogP contribution in [0, 0.1) is 11.3 Å². The maximum Gasteiger partial charge on any atom is 0.221 e. The van der Waals surface area contributed by atoms with Gasteiger partial charge in [-0.2, -0.15) is 0 Å². The lowest BCUT2D eigenvalue weighted by Gasteiger charge is -2.25. The fourth-order valence-electron chi connectivity index (χ4n) is 2.08. The van der Waals surface area contributed by atoms with Crippen LogP contribution in [-0.2, 0) is 4.79 Å². The number of carbonyl (C=O) groups excluding carboxylic acids is 1. The predicted molar refractivity (Wildman–Crippen MR) is 63.8 cm³/mol. The zero-order valence-electron chi connectivity index (χ0n) is 10.5. The monoisotopic (exact) mass is 228 g/mol. The molecule has 0 aromatic rings. The van der Waals surface area contributed by atoms with Gasteiger partial charge < -0.3 is 16.2 Å². The summed E-state index contributed by atoms with van der Waals surface area (Å²) < 4.78 is 0.